The van der Waals surface area contributed by atoms with Crippen LogP contribution in [0.5, 0.6) is 0 Å². The van der Waals surface area contributed by atoms with Crippen LogP contribution in [-0.2, 0) is 5.75 Å². The third-order valence-electron chi connectivity index (χ3n) is 2.89. The van der Waals surface area contributed by atoms with E-state index in [1.54, 1.807) is 11.8 Å². The van der Waals surface area contributed by atoms with Crippen molar-refractivity contribution in [1.29, 1.82) is 0 Å². The highest BCUT2D eigenvalue weighted by atomic mass is 35.5. The first-order valence-corrected chi connectivity index (χ1v) is 7.16. The van der Waals surface area contributed by atoms with E-state index < -0.39 is 0 Å². The van der Waals surface area contributed by atoms with Gasteiger partial charge in [0, 0.05) is 5.75 Å². The fraction of sp³-hybridized carbons (Fsp3) is 0.0833. The van der Waals surface area contributed by atoms with E-state index in [0.29, 0.717) is 22.7 Å². The van der Waals surface area contributed by atoms with Crippen LogP contribution in [0.4, 0.5) is 11.6 Å². The monoisotopic (exact) mass is 338 g/mol. The number of nitrogens with two attached hydrogens (primary N) is 2. The van der Waals surface area contributed by atoms with Crippen LogP contribution in [0.25, 0.3) is 11.0 Å². The molecule has 0 aliphatic heterocycles. The standard InChI is InChI=1S/C12H14N8S.ClH/c13-17-10-8-9(11(18-14)20-19-10)16-12(15-8)21-6-7-4-2-1-3-5-7;/h1-5H,6,13-14H2,(H,15,16)(H,17,19)(H,18,20);1H. The molecule has 7 N–H and O–H groups in total. The van der Waals surface area contributed by atoms with Crippen molar-refractivity contribution >= 4 is 46.8 Å². The Morgan fingerprint density at radius 1 is 1.05 bits per heavy atom. The van der Waals surface area contributed by atoms with Gasteiger partial charge in [0.1, 0.15) is 11.0 Å². The molecule has 0 saturated carbocycles. The van der Waals surface area contributed by atoms with Gasteiger partial charge in [0.05, 0.1) is 0 Å². The van der Waals surface area contributed by atoms with Gasteiger partial charge in [-0.3, -0.25) is 0 Å². The Hall–Kier alpha value is -2.07. The van der Waals surface area contributed by atoms with Crippen molar-refractivity contribution in [3.63, 3.8) is 0 Å². The average molecular weight is 339 g/mol. The number of rotatable bonds is 5. The zero-order valence-electron chi connectivity index (χ0n) is 11.4. The molecule has 116 valence electrons. The summed E-state index contributed by atoms with van der Waals surface area (Å²) in [6, 6.07) is 10.1. The summed E-state index contributed by atoms with van der Waals surface area (Å²) in [7, 11) is 0. The lowest BCUT2D eigenvalue weighted by Crippen LogP contribution is -2.13. The number of nitrogens with one attached hydrogen (secondary N) is 3. The number of hydrogen-bond acceptors (Lipinski definition) is 8. The maximum Gasteiger partial charge on any atom is 0.191 e. The van der Waals surface area contributed by atoms with Crippen LogP contribution in [0.3, 0.4) is 0 Å². The van der Waals surface area contributed by atoms with E-state index in [-0.39, 0.29) is 12.4 Å². The first-order valence-electron chi connectivity index (χ1n) is 6.18. The van der Waals surface area contributed by atoms with E-state index in [0.717, 1.165) is 10.9 Å². The summed E-state index contributed by atoms with van der Waals surface area (Å²) in [5.41, 5.74) is 7.43. The molecule has 2 heterocycles. The number of thioether (sulfide) groups is 1. The second-order valence-electron chi connectivity index (χ2n) is 4.23. The van der Waals surface area contributed by atoms with Gasteiger partial charge in [-0.25, -0.2) is 16.7 Å². The van der Waals surface area contributed by atoms with Crippen molar-refractivity contribution in [3.8, 4) is 0 Å². The Morgan fingerprint density at radius 3 is 2.41 bits per heavy atom. The number of benzene rings is 1. The molecule has 0 unspecified atom stereocenters. The number of H-pyrrole nitrogens is 1. The topological polar surface area (TPSA) is 131 Å². The third-order valence-corrected chi connectivity index (χ3v) is 3.83. The number of halogens is 1. The molecular formula is C12H15ClN8S. The number of nitrogen functional groups attached to an aromatic ring is 2. The number of hydrogen-bond donors (Lipinski definition) is 5. The number of nitrogens with zero attached hydrogens (tertiary/aromatic N) is 3. The third kappa shape index (κ3) is 3.22. The molecule has 0 saturated heterocycles. The molecule has 8 nitrogen and oxygen atoms in total. The summed E-state index contributed by atoms with van der Waals surface area (Å²) in [5, 5.41) is 8.57. The summed E-state index contributed by atoms with van der Waals surface area (Å²) in [6.45, 7) is 0. The summed E-state index contributed by atoms with van der Waals surface area (Å²) in [5.74, 6) is 12.5. The Balaban J connectivity index is 0.00000176. The lowest BCUT2D eigenvalue weighted by molar-refractivity contribution is 1.02. The predicted molar refractivity (Wildman–Crippen MR) is 90.6 cm³/mol. The van der Waals surface area contributed by atoms with Crippen molar-refractivity contribution < 1.29 is 0 Å². The lowest BCUT2D eigenvalue weighted by Gasteiger charge is -2.01. The number of fused-ring (bicyclic) bond motifs is 1. The zero-order valence-corrected chi connectivity index (χ0v) is 13.0. The van der Waals surface area contributed by atoms with Crippen molar-refractivity contribution in [2.75, 3.05) is 10.9 Å². The maximum atomic E-state index is 5.42. The first-order chi connectivity index (χ1) is 10.3. The van der Waals surface area contributed by atoms with Crippen LogP contribution in [0.15, 0.2) is 35.5 Å². The summed E-state index contributed by atoms with van der Waals surface area (Å²) >= 11 is 1.58. The average Bonchev–Trinajstić information content (AvgIpc) is 2.97. The minimum Gasteiger partial charge on any atom is -0.330 e. The SMILES string of the molecule is Cl.NNc1nnc(NN)c2[nH]c(SCc3ccccc3)nc12. The molecule has 0 amide bonds. The molecule has 2 aromatic heterocycles. The Labute approximate surface area is 136 Å². The minimum absolute atomic E-state index is 0. The van der Waals surface area contributed by atoms with Crippen LogP contribution in [0, 0.1) is 0 Å². The quantitative estimate of drug-likeness (QED) is 0.269. The summed E-state index contributed by atoms with van der Waals surface area (Å²) in [6.07, 6.45) is 0. The maximum absolute atomic E-state index is 5.42. The van der Waals surface area contributed by atoms with Gasteiger partial charge in [-0.2, -0.15) is 0 Å². The van der Waals surface area contributed by atoms with Gasteiger partial charge in [0.25, 0.3) is 0 Å². The van der Waals surface area contributed by atoms with Gasteiger partial charge < -0.3 is 15.8 Å². The molecule has 3 rings (SSSR count). The molecule has 22 heavy (non-hydrogen) atoms. The van der Waals surface area contributed by atoms with Crippen LogP contribution < -0.4 is 22.5 Å². The predicted octanol–water partition coefficient (Wildman–Crippen LogP) is 1.64. The molecule has 0 spiro atoms. The molecular weight excluding hydrogens is 324 g/mol. The number of aromatic nitrogens is 4. The highest BCUT2D eigenvalue weighted by Crippen LogP contribution is 2.28. The van der Waals surface area contributed by atoms with Crippen LogP contribution in [0.2, 0.25) is 0 Å². The molecule has 0 aliphatic carbocycles. The van der Waals surface area contributed by atoms with E-state index in [1.165, 1.54) is 5.56 Å². The van der Waals surface area contributed by atoms with Gasteiger partial charge in [0.2, 0.25) is 0 Å². The molecule has 3 aromatic rings. The summed E-state index contributed by atoms with van der Waals surface area (Å²) in [4.78, 5) is 7.65. The minimum atomic E-state index is 0. The summed E-state index contributed by atoms with van der Waals surface area (Å²) < 4.78 is 0. The number of anilines is 2. The van der Waals surface area contributed by atoms with Crippen LogP contribution >= 0.6 is 24.2 Å². The van der Waals surface area contributed by atoms with Gasteiger partial charge >= 0.3 is 0 Å². The second kappa shape index (κ2) is 7.27. The second-order valence-corrected chi connectivity index (χ2v) is 5.19. The zero-order chi connectivity index (χ0) is 14.7. The number of aromatic amines is 1. The lowest BCUT2D eigenvalue weighted by atomic mass is 10.2. The highest BCUT2D eigenvalue weighted by Gasteiger charge is 2.13. The molecule has 1 aromatic carbocycles. The van der Waals surface area contributed by atoms with Crippen molar-refractivity contribution in [2.24, 2.45) is 11.7 Å². The van der Waals surface area contributed by atoms with E-state index >= 15 is 0 Å². The smallest absolute Gasteiger partial charge is 0.191 e. The molecule has 0 radical (unpaired) electrons. The number of imidazole rings is 1. The Morgan fingerprint density at radius 2 is 1.73 bits per heavy atom. The highest BCUT2D eigenvalue weighted by molar-refractivity contribution is 7.98. The van der Waals surface area contributed by atoms with Crippen LogP contribution in [0.1, 0.15) is 5.56 Å². The number of hydrazine groups is 2. The van der Waals surface area contributed by atoms with Crippen molar-refractivity contribution in [3.05, 3.63) is 35.9 Å². The molecule has 0 bridgehead atoms. The van der Waals surface area contributed by atoms with E-state index in [9.17, 15) is 0 Å². The fourth-order valence-corrected chi connectivity index (χ4v) is 2.71. The van der Waals surface area contributed by atoms with E-state index in [4.69, 9.17) is 11.7 Å². The molecule has 0 aliphatic rings. The van der Waals surface area contributed by atoms with Gasteiger partial charge in [-0.1, -0.05) is 42.1 Å². The van der Waals surface area contributed by atoms with Crippen molar-refractivity contribution in [1.82, 2.24) is 20.2 Å². The molecule has 0 fully saturated rings. The van der Waals surface area contributed by atoms with Crippen molar-refractivity contribution in [2.45, 2.75) is 10.9 Å². The van der Waals surface area contributed by atoms with Crippen LogP contribution in [-0.4, -0.2) is 20.2 Å². The van der Waals surface area contributed by atoms with E-state index in [2.05, 4.69) is 43.1 Å². The molecule has 10 heteroatoms. The Bertz CT molecular complexity index is 706. The normalized spacial score (nSPS) is 10.3. The molecule has 0 atom stereocenters. The van der Waals surface area contributed by atoms with Gasteiger partial charge in [0.15, 0.2) is 16.8 Å². The fourth-order valence-electron chi connectivity index (χ4n) is 1.88. The largest absolute Gasteiger partial charge is 0.330 e. The Kier molecular flexibility index (Phi) is 5.39. The van der Waals surface area contributed by atoms with E-state index in [1.807, 2.05) is 18.2 Å². The van der Waals surface area contributed by atoms with Gasteiger partial charge in [-0.05, 0) is 5.56 Å². The first kappa shape index (κ1) is 16.3. The van der Waals surface area contributed by atoms with Gasteiger partial charge in [-0.15, -0.1) is 22.6 Å².